The van der Waals surface area contributed by atoms with Crippen LogP contribution >= 0.6 is 11.8 Å². The summed E-state index contributed by atoms with van der Waals surface area (Å²) in [6, 6.07) is 6.50. The van der Waals surface area contributed by atoms with Crippen molar-refractivity contribution in [2.45, 2.75) is 25.2 Å². The Morgan fingerprint density at radius 2 is 2.09 bits per heavy atom. The molecule has 1 heteroatoms. The molecule has 0 saturated carbocycles. The molecule has 0 aliphatic carbocycles. The van der Waals surface area contributed by atoms with Crippen molar-refractivity contribution in [2.75, 3.05) is 6.26 Å². The second-order valence-corrected chi connectivity index (χ2v) is 3.46. The lowest BCUT2D eigenvalue weighted by atomic mass is 10.1. The zero-order chi connectivity index (χ0) is 8.27. The number of hydrogen-bond donors (Lipinski definition) is 0. The number of thioether (sulfide) groups is 1. The van der Waals surface area contributed by atoms with E-state index in [0.29, 0.717) is 0 Å². The number of hydrogen-bond acceptors (Lipinski definition) is 1. The summed E-state index contributed by atoms with van der Waals surface area (Å²) in [6.45, 7) is 4.39. The number of benzene rings is 1. The molecule has 1 aromatic carbocycles. The van der Waals surface area contributed by atoms with Gasteiger partial charge in [0.2, 0.25) is 0 Å². The van der Waals surface area contributed by atoms with Gasteiger partial charge in [0.15, 0.2) is 0 Å². The standard InChI is InChI=1S/C10H14S/c1-4-9-8(2)6-5-7-10(9)11-3/h5-7H,4H2,1-3H3. The molecule has 1 rings (SSSR count). The fraction of sp³-hybridized carbons (Fsp3) is 0.400. The van der Waals surface area contributed by atoms with Crippen molar-refractivity contribution in [3.05, 3.63) is 29.3 Å². The third-order valence-electron chi connectivity index (χ3n) is 1.94. The van der Waals surface area contributed by atoms with Crippen LogP contribution in [0.15, 0.2) is 23.1 Å². The van der Waals surface area contributed by atoms with E-state index in [1.54, 1.807) is 0 Å². The molecule has 0 amide bonds. The Labute approximate surface area is 73.0 Å². The molecule has 0 N–H and O–H groups in total. The lowest BCUT2D eigenvalue weighted by Crippen LogP contribution is -1.88. The van der Waals surface area contributed by atoms with Gasteiger partial charge in [-0.2, -0.15) is 0 Å². The molecule has 0 spiro atoms. The molecule has 0 nitrogen and oxygen atoms in total. The summed E-state index contributed by atoms with van der Waals surface area (Å²) in [7, 11) is 0. The predicted octanol–water partition coefficient (Wildman–Crippen LogP) is 3.28. The molecule has 0 heterocycles. The van der Waals surface area contributed by atoms with Crippen LogP contribution in [0.2, 0.25) is 0 Å². The van der Waals surface area contributed by atoms with E-state index < -0.39 is 0 Å². The van der Waals surface area contributed by atoms with Crippen molar-refractivity contribution >= 4 is 11.8 Å². The van der Waals surface area contributed by atoms with Gasteiger partial charge in [-0.1, -0.05) is 19.1 Å². The summed E-state index contributed by atoms with van der Waals surface area (Å²) < 4.78 is 0. The van der Waals surface area contributed by atoms with Crippen molar-refractivity contribution in [3.63, 3.8) is 0 Å². The maximum absolute atomic E-state index is 2.21. The van der Waals surface area contributed by atoms with E-state index >= 15 is 0 Å². The van der Waals surface area contributed by atoms with Gasteiger partial charge in [-0.3, -0.25) is 0 Å². The summed E-state index contributed by atoms with van der Waals surface area (Å²) >= 11 is 1.83. The molecule has 1 aromatic rings. The molecule has 0 radical (unpaired) electrons. The van der Waals surface area contributed by atoms with E-state index in [-0.39, 0.29) is 0 Å². The molecule has 0 aliphatic heterocycles. The highest BCUT2D eigenvalue weighted by molar-refractivity contribution is 7.98. The van der Waals surface area contributed by atoms with E-state index in [0.717, 1.165) is 6.42 Å². The van der Waals surface area contributed by atoms with Gasteiger partial charge in [0.25, 0.3) is 0 Å². The van der Waals surface area contributed by atoms with Crippen LogP contribution < -0.4 is 0 Å². The van der Waals surface area contributed by atoms with Gasteiger partial charge in [-0.05, 0) is 36.8 Å². The third-order valence-corrected chi connectivity index (χ3v) is 2.76. The quantitative estimate of drug-likeness (QED) is 0.608. The molecule has 0 saturated heterocycles. The van der Waals surface area contributed by atoms with Crippen LogP contribution in [0.5, 0.6) is 0 Å². The van der Waals surface area contributed by atoms with Crippen molar-refractivity contribution in [1.82, 2.24) is 0 Å². The minimum atomic E-state index is 1.14. The van der Waals surface area contributed by atoms with E-state index in [1.807, 2.05) is 11.8 Å². The Morgan fingerprint density at radius 3 is 2.55 bits per heavy atom. The molecule has 0 bridgehead atoms. The van der Waals surface area contributed by atoms with Crippen LogP contribution in [-0.2, 0) is 6.42 Å². The SMILES string of the molecule is CCc1c(C)cccc1SC. The van der Waals surface area contributed by atoms with Crippen LogP contribution in [0.3, 0.4) is 0 Å². The Bertz CT molecular complexity index is 241. The monoisotopic (exact) mass is 166 g/mol. The minimum absolute atomic E-state index is 1.14. The average Bonchev–Trinajstić information content (AvgIpc) is 2.04. The maximum atomic E-state index is 2.21. The van der Waals surface area contributed by atoms with E-state index in [2.05, 4.69) is 38.3 Å². The molecular formula is C10H14S. The van der Waals surface area contributed by atoms with Crippen LogP contribution in [0.4, 0.5) is 0 Å². The van der Waals surface area contributed by atoms with Crippen LogP contribution in [0, 0.1) is 6.92 Å². The van der Waals surface area contributed by atoms with Crippen LogP contribution in [0.25, 0.3) is 0 Å². The van der Waals surface area contributed by atoms with Crippen LogP contribution in [0.1, 0.15) is 18.1 Å². The van der Waals surface area contributed by atoms with Gasteiger partial charge in [0.05, 0.1) is 0 Å². The largest absolute Gasteiger partial charge is 0.129 e. The van der Waals surface area contributed by atoms with Crippen molar-refractivity contribution in [3.8, 4) is 0 Å². The highest BCUT2D eigenvalue weighted by Gasteiger charge is 2.00. The first kappa shape index (κ1) is 8.66. The Balaban J connectivity index is 3.13. The fourth-order valence-corrected chi connectivity index (χ4v) is 2.09. The van der Waals surface area contributed by atoms with Gasteiger partial charge in [0, 0.05) is 4.90 Å². The molecule has 0 aromatic heterocycles. The minimum Gasteiger partial charge on any atom is -0.129 e. The molecule has 60 valence electrons. The predicted molar refractivity (Wildman–Crippen MR) is 52.3 cm³/mol. The summed E-state index contributed by atoms with van der Waals surface area (Å²) in [4.78, 5) is 1.42. The second-order valence-electron chi connectivity index (χ2n) is 2.61. The van der Waals surface area contributed by atoms with Crippen LogP contribution in [-0.4, -0.2) is 6.26 Å². The van der Waals surface area contributed by atoms with Gasteiger partial charge in [-0.15, -0.1) is 11.8 Å². The lowest BCUT2D eigenvalue weighted by Gasteiger charge is -2.07. The second kappa shape index (κ2) is 3.82. The third kappa shape index (κ3) is 1.78. The smallest absolute Gasteiger partial charge is 0.0104 e. The zero-order valence-electron chi connectivity index (χ0n) is 7.35. The normalized spacial score (nSPS) is 10.1. The molecule has 0 aliphatic rings. The highest BCUT2D eigenvalue weighted by Crippen LogP contribution is 2.23. The Morgan fingerprint density at radius 1 is 1.36 bits per heavy atom. The molecule has 11 heavy (non-hydrogen) atoms. The number of aryl methyl sites for hydroxylation is 1. The summed E-state index contributed by atoms with van der Waals surface area (Å²) in [6.07, 6.45) is 3.27. The van der Waals surface area contributed by atoms with Crippen molar-refractivity contribution in [1.29, 1.82) is 0 Å². The Hall–Kier alpha value is -0.430. The Kier molecular flexibility index (Phi) is 3.01. The van der Waals surface area contributed by atoms with Gasteiger partial charge >= 0.3 is 0 Å². The van der Waals surface area contributed by atoms with Gasteiger partial charge in [-0.25, -0.2) is 0 Å². The summed E-state index contributed by atoms with van der Waals surface area (Å²) in [5.41, 5.74) is 2.92. The first-order valence-corrected chi connectivity index (χ1v) is 5.14. The maximum Gasteiger partial charge on any atom is 0.0104 e. The van der Waals surface area contributed by atoms with E-state index in [4.69, 9.17) is 0 Å². The molecular weight excluding hydrogens is 152 g/mol. The summed E-state index contributed by atoms with van der Waals surface area (Å²) in [5, 5.41) is 0. The zero-order valence-corrected chi connectivity index (χ0v) is 8.16. The fourth-order valence-electron chi connectivity index (χ4n) is 1.32. The summed E-state index contributed by atoms with van der Waals surface area (Å²) in [5.74, 6) is 0. The lowest BCUT2D eigenvalue weighted by molar-refractivity contribution is 1.05. The van der Waals surface area contributed by atoms with Crippen molar-refractivity contribution < 1.29 is 0 Å². The molecule has 0 atom stereocenters. The first-order valence-electron chi connectivity index (χ1n) is 3.92. The van der Waals surface area contributed by atoms with Gasteiger partial charge < -0.3 is 0 Å². The topological polar surface area (TPSA) is 0 Å². The van der Waals surface area contributed by atoms with Crippen molar-refractivity contribution in [2.24, 2.45) is 0 Å². The van der Waals surface area contributed by atoms with Gasteiger partial charge in [0.1, 0.15) is 0 Å². The number of rotatable bonds is 2. The van der Waals surface area contributed by atoms with E-state index in [1.165, 1.54) is 16.0 Å². The molecule has 0 fully saturated rings. The van der Waals surface area contributed by atoms with E-state index in [9.17, 15) is 0 Å². The average molecular weight is 166 g/mol. The molecule has 0 unspecified atom stereocenters. The first-order chi connectivity index (χ1) is 5.29. The highest BCUT2D eigenvalue weighted by atomic mass is 32.2.